The minimum Gasteiger partial charge on any atom is -0.398 e. The Bertz CT molecular complexity index is 703. The largest absolute Gasteiger partial charge is 0.398 e. The zero-order valence-electron chi connectivity index (χ0n) is 10.8. The molecular formula is C13H15N5O. The highest BCUT2D eigenvalue weighted by Gasteiger charge is 2.03. The van der Waals surface area contributed by atoms with Gasteiger partial charge in [-0.25, -0.2) is 4.79 Å². The summed E-state index contributed by atoms with van der Waals surface area (Å²) < 4.78 is 1.11. The second-order valence-corrected chi connectivity index (χ2v) is 4.23. The van der Waals surface area contributed by atoms with Gasteiger partial charge in [0.25, 0.3) is 0 Å². The van der Waals surface area contributed by atoms with Gasteiger partial charge in [0.15, 0.2) is 0 Å². The normalized spacial score (nSPS) is 11.1. The highest BCUT2D eigenvalue weighted by Crippen LogP contribution is 2.17. The molecule has 2 aromatic rings. The molecule has 0 aliphatic heterocycles. The fourth-order valence-electron chi connectivity index (χ4n) is 1.65. The maximum atomic E-state index is 11.5. The molecule has 0 aliphatic rings. The van der Waals surface area contributed by atoms with Crippen molar-refractivity contribution in [3.63, 3.8) is 0 Å². The van der Waals surface area contributed by atoms with Crippen LogP contribution in [0.4, 0.5) is 11.5 Å². The van der Waals surface area contributed by atoms with E-state index >= 15 is 0 Å². The van der Waals surface area contributed by atoms with Crippen LogP contribution >= 0.6 is 0 Å². The summed E-state index contributed by atoms with van der Waals surface area (Å²) in [6.07, 6.45) is 3.01. The van der Waals surface area contributed by atoms with Crippen molar-refractivity contribution in [2.24, 2.45) is 5.10 Å². The van der Waals surface area contributed by atoms with Gasteiger partial charge in [-0.2, -0.15) is 14.8 Å². The minimum atomic E-state index is -0.528. The highest BCUT2D eigenvalue weighted by molar-refractivity contribution is 5.89. The van der Waals surface area contributed by atoms with Gasteiger partial charge >= 0.3 is 5.69 Å². The number of anilines is 2. The van der Waals surface area contributed by atoms with Crippen LogP contribution in [0.1, 0.15) is 16.7 Å². The minimum absolute atomic E-state index is 0.169. The third-order valence-electron chi connectivity index (χ3n) is 2.94. The molecule has 0 bridgehead atoms. The van der Waals surface area contributed by atoms with Crippen LogP contribution in [0, 0.1) is 13.8 Å². The average molecular weight is 257 g/mol. The van der Waals surface area contributed by atoms with E-state index in [1.165, 1.54) is 12.3 Å². The van der Waals surface area contributed by atoms with Gasteiger partial charge in [0.1, 0.15) is 5.82 Å². The van der Waals surface area contributed by atoms with E-state index in [1.807, 2.05) is 26.0 Å². The van der Waals surface area contributed by atoms with Crippen molar-refractivity contribution in [3.8, 4) is 0 Å². The Morgan fingerprint density at radius 1 is 1.26 bits per heavy atom. The third kappa shape index (κ3) is 2.62. The van der Waals surface area contributed by atoms with Crippen LogP contribution in [0.5, 0.6) is 0 Å². The van der Waals surface area contributed by atoms with Gasteiger partial charge < -0.3 is 11.5 Å². The summed E-state index contributed by atoms with van der Waals surface area (Å²) in [6, 6.07) is 5.26. The summed E-state index contributed by atoms with van der Waals surface area (Å²) in [5, 5.41) is 4.06. The first-order chi connectivity index (χ1) is 8.99. The third-order valence-corrected chi connectivity index (χ3v) is 2.94. The Labute approximate surface area is 110 Å². The van der Waals surface area contributed by atoms with Crippen LogP contribution in [0.3, 0.4) is 0 Å². The molecular weight excluding hydrogens is 242 g/mol. The molecule has 0 saturated carbocycles. The van der Waals surface area contributed by atoms with E-state index in [-0.39, 0.29) is 5.82 Å². The molecule has 0 spiro atoms. The maximum absolute atomic E-state index is 11.5. The number of rotatable bonds is 2. The molecule has 6 nitrogen and oxygen atoms in total. The number of benzene rings is 1. The lowest BCUT2D eigenvalue weighted by molar-refractivity contribution is 0.791. The maximum Gasteiger partial charge on any atom is 0.370 e. The van der Waals surface area contributed by atoms with Crippen molar-refractivity contribution in [2.45, 2.75) is 13.8 Å². The Morgan fingerprint density at radius 2 is 2.00 bits per heavy atom. The quantitative estimate of drug-likeness (QED) is 0.617. The van der Waals surface area contributed by atoms with Crippen LogP contribution in [0.25, 0.3) is 0 Å². The molecule has 4 N–H and O–H groups in total. The summed E-state index contributed by atoms with van der Waals surface area (Å²) in [5.41, 5.74) is 14.3. The molecule has 6 heteroatoms. The van der Waals surface area contributed by atoms with E-state index in [4.69, 9.17) is 11.5 Å². The van der Waals surface area contributed by atoms with Gasteiger partial charge in [0.2, 0.25) is 0 Å². The second-order valence-electron chi connectivity index (χ2n) is 4.23. The molecule has 1 aromatic carbocycles. The lowest BCUT2D eigenvalue weighted by atomic mass is 10.0. The fraction of sp³-hybridized carbons (Fsp3) is 0.154. The van der Waals surface area contributed by atoms with Crippen molar-refractivity contribution >= 4 is 17.7 Å². The van der Waals surface area contributed by atoms with Gasteiger partial charge in [-0.3, -0.25) is 0 Å². The molecule has 98 valence electrons. The van der Waals surface area contributed by atoms with E-state index in [1.54, 1.807) is 6.21 Å². The molecule has 0 radical (unpaired) electrons. The average Bonchev–Trinajstić information content (AvgIpc) is 2.36. The van der Waals surface area contributed by atoms with Gasteiger partial charge in [-0.15, -0.1) is 0 Å². The zero-order valence-corrected chi connectivity index (χ0v) is 10.8. The highest BCUT2D eigenvalue weighted by atomic mass is 16.1. The number of aromatic nitrogens is 2. The van der Waals surface area contributed by atoms with E-state index in [0.29, 0.717) is 5.69 Å². The molecule has 0 aliphatic carbocycles. The van der Waals surface area contributed by atoms with E-state index in [2.05, 4.69) is 10.1 Å². The summed E-state index contributed by atoms with van der Waals surface area (Å²) in [6.45, 7) is 3.94. The lowest BCUT2D eigenvalue weighted by Gasteiger charge is -2.07. The van der Waals surface area contributed by atoms with E-state index in [9.17, 15) is 4.79 Å². The first-order valence-electron chi connectivity index (χ1n) is 5.74. The first-order valence-corrected chi connectivity index (χ1v) is 5.74. The first kappa shape index (κ1) is 12.8. The molecule has 19 heavy (non-hydrogen) atoms. The number of nitrogen functional groups attached to an aromatic ring is 2. The van der Waals surface area contributed by atoms with Crippen molar-refractivity contribution in [1.82, 2.24) is 9.66 Å². The number of aryl methyl sites for hydroxylation is 1. The SMILES string of the molecule is Cc1ccc(N)c(C=Nn2ccc(N)nc2=O)c1C. The molecule has 1 aromatic heterocycles. The van der Waals surface area contributed by atoms with Crippen LogP contribution < -0.4 is 17.2 Å². The molecule has 2 rings (SSSR count). The monoisotopic (exact) mass is 257 g/mol. The van der Waals surface area contributed by atoms with Crippen molar-refractivity contribution in [3.05, 3.63) is 51.6 Å². The molecule has 0 fully saturated rings. The second kappa shape index (κ2) is 4.93. The summed E-state index contributed by atoms with van der Waals surface area (Å²) in [4.78, 5) is 15.1. The van der Waals surface area contributed by atoms with Crippen LogP contribution in [0.2, 0.25) is 0 Å². The van der Waals surface area contributed by atoms with E-state index < -0.39 is 5.69 Å². The molecule has 0 saturated heterocycles. The number of nitrogens with two attached hydrogens (primary N) is 2. The molecule has 0 amide bonds. The number of hydrogen-bond acceptors (Lipinski definition) is 5. The van der Waals surface area contributed by atoms with Crippen LogP contribution in [-0.2, 0) is 0 Å². The van der Waals surface area contributed by atoms with Crippen molar-refractivity contribution in [2.75, 3.05) is 11.5 Å². The van der Waals surface area contributed by atoms with Gasteiger partial charge in [-0.05, 0) is 37.1 Å². The summed E-state index contributed by atoms with van der Waals surface area (Å²) >= 11 is 0. The van der Waals surface area contributed by atoms with Crippen molar-refractivity contribution in [1.29, 1.82) is 0 Å². The Hall–Kier alpha value is -2.63. The predicted octanol–water partition coefficient (Wildman–Crippen LogP) is 0.907. The number of nitrogens with zero attached hydrogens (tertiary/aromatic N) is 3. The molecule has 0 unspecified atom stereocenters. The Morgan fingerprint density at radius 3 is 2.68 bits per heavy atom. The standard InChI is InChI=1S/C13H15N5O/c1-8-3-4-11(14)10(9(8)2)7-16-18-6-5-12(15)17-13(18)19/h3-7H,14H2,1-2H3,(H2,15,17,19). The Kier molecular flexibility index (Phi) is 3.33. The van der Waals surface area contributed by atoms with Gasteiger partial charge in [0.05, 0.1) is 6.21 Å². The topological polar surface area (TPSA) is 99.3 Å². The molecule has 0 atom stereocenters. The summed E-state index contributed by atoms with van der Waals surface area (Å²) in [5.74, 6) is 0.169. The van der Waals surface area contributed by atoms with Gasteiger partial charge in [0, 0.05) is 17.4 Å². The van der Waals surface area contributed by atoms with Crippen LogP contribution in [0.15, 0.2) is 34.3 Å². The van der Waals surface area contributed by atoms with E-state index in [0.717, 1.165) is 21.4 Å². The lowest BCUT2D eigenvalue weighted by Crippen LogP contribution is -2.20. The predicted molar refractivity (Wildman–Crippen MR) is 76.2 cm³/mol. The van der Waals surface area contributed by atoms with Crippen LogP contribution in [-0.4, -0.2) is 15.9 Å². The van der Waals surface area contributed by atoms with Gasteiger partial charge in [-0.1, -0.05) is 6.07 Å². The fourth-order valence-corrected chi connectivity index (χ4v) is 1.65. The molecule has 1 heterocycles. The smallest absolute Gasteiger partial charge is 0.370 e. The Balaban J connectivity index is 2.44. The van der Waals surface area contributed by atoms with Crippen molar-refractivity contribution < 1.29 is 0 Å². The summed E-state index contributed by atoms with van der Waals surface area (Å²) in [7, 11) is 0. The zero-order chi connectivity index (χ0) is 14.0. The number of hydrogen-bond donors (Lipinski definition) is 2.